The monoisotopic (exact) mass is 353 g/mol. The molecule has 6 fully saturated rings. The van der Waals surface area contributed by atoms with Crippen molar-refractivity contribution in [3.63, 3.8) is 0 Å². The Labute approximate surface area is 152 Å². The van der Waals surface area contributed by atoms with Gasteiger partial charge in [0.25, 0.3) is 0 Å². The van der Waals surface area contributed by atoms with Crippen molar-refractivity contribution in [1.29, 1.82) is 0 Å². The molecule has 0 N–H and O–H groups in total. The van der Waals surface area contributed by atoms with Crippen LogP contribution in [0.25, 0.3) is 0 Å². The molecule has 4 bridgehead atoms. The Bertz CT molecular complexity index is 732. The van der Waals surface area contributed by atoms with Gasteiger partial charge in [-0.05, 0) is 67.9 Å². The maximum atomic E-state index is 13.5. The molecule has 7 rings (SSSR count). The Morgan fingerprint density at radius 1 is 0.880 bits per heavy atom. The van der Waals surface area contributed by atoms with Crippen molar-refractivity contribution in [2.24, 2.45) is 35.5 Å². The summed E-state index contributed by atoms with van der Waals surface area (Å²) in [4.78, 5) is 28.1. The molecule has 1 spiro atoms. The number of anilines is 1. The molecule has 0 unspecified atom stereocenters. The second-order valence-corrected chi connectivity index (χ2v) is 10.2. The molecule has 1 aromatic carbocycles. The first-order chi connectivity index (χ1) is 12.2. The van der Waals surface area contributed by atoms with Crippen LogP contribution >= 0.6 is 11.8 Å². The molecule has 0 radical (unpaired) electrons. The zero-order valence-corrected chi connectivity index (χ0v) is 15.1. The van der Waals surface area contributed by atoms with E-state index in [1.54, 1.807) is 0 Å². The summed E-state index contributed by atoms with van der Waals surface area (Å²) in [6.45, 7) is 0. The van der Waals surface area contributed by atoms with Gasteiger partial charge in [0.05, 0.1) is 17.5 Å². The van der Waals surface area contributed by atoms with Gasteiger partial charge in [-0.1, -0.05) is 18.2 Å². The summed E-state index contributed by atoms with van der Waals surface area (Å²) in [6.07, 6.45) is 6.63. The van der Waals surface area contributed by atoms with Crippen LogP contribution in [0, 0.1) is 35.5 Å². The molecule has 2 aliphatic heterocycles. The van der Waals surface area contributed by atoms with Gasteiger partial charge in [-0.15, -0.1) is 0 Å². The van der Waals surface area contributed by atoms with Crippen molar-refractivity contribution in [2.75, 3.05) is 10.7 Å². The summed E-state index contributed by atoms with van der Waals surface area (Å²) in [5.41, 5.74) is 0.760. The van der Waals surface area contributed by atoms with Crippen molar-refractivity contribution >= 4 is 29.3 Å². The van der Waals surface area contributed by atoms with Gasteiger partial charge in [-0.2, -0.15) is 11.8 Å². The van der Waals surface area contributed by atoms with Crippen LogP contribution in [0.3, 0.4) is 0 Å². The average molecular weight is 353 g/mol. The maximum Gasteiger partial charge on any atom is 0.239 e. The molecular weight excluding hydrogens is 330 g/mol. The number of nitrogens with zero attached hydrogens (tertiary/aromatic N) is 1. The smallest absolute Gasteiger partial charge is 0.239 e. The van der Waals surface area contributed by atoms with Gasteiger partial charge < -0.3 is 0 Å². The molecule has 1 aromatic rings. The van der Waals surface area contributed by atoms with E-state index in [1.807, 2.05) is 42.1 Å². The van der Waals surface area contributed by atoms with Crippen molar-refractivity contribution in [2.45, 2.75) is 36.9 Å². The van der Waals surface area contributed by atoms with E-state index in [4.69, 9.17) is 0 Å². The number of hydrogen-bond donors (Lipinski definition) is 0. The first-order valence-electron chi connectivity index (χ1n) is 9.75. The Morgan fingerprint density at radius 2 is 1.52 bits per heavy atom. The number of thioether (sulfide) groups is 1. The van der Waals surface area contributed by atoms with E-state index in [9.17, 15) is 9.59 Å². The molecule has 6 aliphatic rings. The zero-order chi connectivity index (χ0) is 16.8. The van der Waals surface area contributed by atoms with Crippen LogP contribution in [0.2, 0.25) is 0 Å². The van der Waals surface area contributed by atoms with Gasteiger partial charge in [-0.25, -0.2) is 4.90 Å². The van der Waals surface area contributed by atoms with Gasteiger partial charge in [0.15, 0.2) is 0 Å². The Kier molecular flexibility index (Phi) is 2.91. The summed E-state index contributed by atoms with van der Waals surface area (Å²) >= 11 is 2.01. The lowest BCUT2D eigenvalue weighted by Crippen LogP contribution is -2.59. The average Bonchev–Trinajstić information content (AvgIpc) is 3.12. The lowest BCUT2D eigenvalue weighted by molar-refractivity contribution is -0.126. The van der Waals surface area contributed by atoms with Crippen LogP contribution in [0.5, 0.6) is 0 Å². The van der Waals surface area contributed by atoms with E-state index in [0.29, 0.717) is 11.8 Å². The third-order valence-electron chi connectivity index (χ3n) is 7.85. The van der Waals surface area contributed by atoms with E-state index in [1.165, 1.54) is 37.0 Å². The van der Waals surface area contributed by atoms with Gasteiger partial charge in [0, 0.05) is 10.5 Å². The molecule has 2 saturated heterocycles. The summed E-state index contributed by atoms with van der Waals surface area (Å²) in [7, 11) is 0. The topological polar surface area (TPSA) is 37.4 Å². The molecule has 130 valence electrons. The van der Waals surface area contributed by atoms with Crippen LogP contribution in [-0.2, 0) is 9.59 Å². The van der Waals surface area contributed by atoms with Crippen molar-refractivity contribution in [3.05, 3.63) is 30.3 Å². The van der Waals surface area contributed by atoms with Crippen molar-refractivity contribution in [3.8, 4) is 0 Å². The molecule has 25 heavy (non-hydrogen) atoms. The van der Waals surface area contributed by atoms with Crippen LogP contribution in [0.1, 0.15) is 32.1 Å². The van der Waals surface area contributed by atoms with E-state index in [2.05, 4.69) is 0 Å². The van der Waals surface area contributed by atoms with Gasteiger partial charge in [0.2, 0.25) is 11.8 Å². The third kappa shape index (κ3) is 1.75. The zero-order valence-electron chi connectivity index (χ0n) is 14.3. The highest BCUT2D eigenvalue weighted by Crippen LogP contribution is 2.70. The summed E-state index contributed by atoms with van der Waals surface area (Å²) in [5.74, 6) is 3.96. The molecule has 0 aromatic heterocycles. The van der Waals surface area contributed by atoms with E-state index in [0.717, 1.165) is 23.3 Å². The lowest BCUT2D eigenvalue weighted by Gasteiger charge is -2.61. The van der Waals surface area contributed by atoms with Crippen molar-refractivity contribution in [1.82, 2.24) is 0 Å². The summed E-state index contributed by atoms with van der Waals surface area (Å²) < 4.78 is 0.0638. The number of para-hydroxylation sites is 1. The largest absolute Gasteiger partial charge is 0.274 e. The van der Waals surface area contributed by atoms with Gasteiger partial charge in [0.1, 0.15) is 0 Å². The van der Waals surface area contributed by atoms with Gasteiger partial charge >= 0.3 is 0 Å². The highest BCUT2D eigenvalue weighted by atomic mass is 32.2. The summed E-state index contributed by atoms with van der Waals surface area (Å²) in [6, 6.07) is 9.56. The van der Waals surface area contributed by atoms with E-state index in [-0.39, 0.29) is 28.4 Å². The van der Waals surface area contributed by atoms with Crippen LogP contribution in [0.4, 0.5) is 5.69 Å². The third-order valence-corrected chi connectivity index (χ3v) is 9.80. The fraction of sp³-hybridized carbons (Fsp3) is 0.619. The minimum absolute atomic E-state index is 0.0550. The molecule has 4 heteroatoms. The lowest BCUT2D eigenvalue weighted by atomic mass is 9.48. The quantitative estimate of drug-likeness (QED) is 0.722. The molecule has 4 saturated carbocycles. The number of hydrogen-bond acceptors (Lipinski definition) is 3. The first-order valence-corrected chi connectivity index (χ1v) is 10.7. The highest BCUT2D eigenvalue weighted by Gasteiger charge is 2.70. The number of imide groups is 1. The second kappa shape index (κ2) is 4.91. The summed E-state index contributed by atoms with van der Waals surface area (Å²) in [5, 5.41) is 0. The number of benzene rings is 1. The fourth-order valence-corrected chi connectivity index (χ4v) is 9.33. The van der Waals surface area contributed by atoms with Gasteiger partial charge in [-0.3, -0.25) is 9.59 Å². The minimum Gasteiger partial charge on any atom is -0.274 e. The first kappa shape index (κ1) is 14.8. The molecule has 3 nitrogen and oxygen atoms in total. The van der Waals surface area contributed by atoms with Crippen LogP contribution < -0.4 is 4.90 Å². The normalized spacial score (nSPS) is 47.1. The van der Waals surface area contributed by atoms with E-state index >= 15 is 0 Å². The molecule has 4 aliphatic carbocycles. The van der Waals surface area contributed by atoms with Crippen LogP contribution in [-0.4, -0.2) is 22.3 Å². The Hall–Kier alpha value is -1.29. The predicted molar refractivity (Wildman–Crippen MR) is 98.1 cm³/mol. The number of fused-ring (bicyclic) bond motifs is 1. The number of carbonyl (C=O) groups is 2. The van der Waals surface area contributed by atoms with E-state index < -0.39 is 0 Å². The molecule has 2 amide bonds. The second-order valence-electron chi connectivity index (χ2n) is 8.90. The minimum atomic E-state index is -0.0877. The molecule has 2 heterocycles. The van der Waals surface area contributed by atoms with Crippen molar-refractivity contribution < 1.29 is 9.59 Å². The fourth-order valence-electron chi connectivity index (χ4n) is 7.22. The Balaban J connectivity index is 1.43. The standard InChI is InChI=1S/C21H23NO2S/c23-19-17-11-25-21(14-7-12-6-13(9-14)10-15(21)8-12)18(17)20(24)22(19)16-4-2-1-3-5-16/h1-5,12-15,17-18H,6-11H2/t12?,13?,14?,15?,17-,18+,21?/m1/s1. The molecule has 2 atom stereocenters. The number of rotatable bonds is 1. The van der Waals surface area contributed by atoms with Crippen LogP contribution in [0.15, 0.2) is 30.3 Å². The molecular formula is C21H23NO2S. The number of amides is 2. The SMILES string of the molecule is O=C1[C@@H]2[C@@H](CSC23C2CC4CC(C2)CC3C4)C(=O)N1c1ccccc1. The highest BCUT2D eigenvalue weighted by molar-refractivity contribution is 8.01. The Morgan fingerprint density at radius 3 is 2.16 bits per heavy atom. The predicted octanol–water partition coefficient (Wildman–Crippen LogP) is 3.73. The number of carbonyl (C=O) groups excluding carboxylic acids is 2. The maximum absolute atomic E-state index is 13.5.